The standard InChI is InChI=1S/C10H18/c1-3-8-5-4-6-9-7(2)10(8)9/h7-10H,3-6H2,1-2H3/t7?,8-,9-,10?/m1/s1. The lowest BCUT2D eigenvalue weighted by atomic mass is 9.87. The van der Waals surface area contributed by atoms with E-state index < -0.39 is 0 Å². The summed E-state index contributed by atoms with van der Waals surface area (Å²) < 4.78 is 0. The summed E-state index contributed by atoms with van der Waals surface area (Å²) in [6.45, 7) is 4.81. The number of hydrogen-bond acceptors (Lipinski definition) is 0. The number of hydrogen-bond donors (Lipinski definition) is 0. The fourth-order valence-corrected chi connectivity index (χ4v) is 3.10. The van der Waals surface area contributed by atoms with Crippen molar-refractivity contribution in [2.75, 3.05) is 0 Å². The molecular weight excluding hydrogens is 120 g/mol. The second-order valence-corrected chi connectivity index (χ2v) is 4.20. The van der Waals surface area contributed by atoms with E-state index in [1.165, 1.54) is 19.3 Å². The molecule has 2 fully saturated rings. The maximum absolute atomic E-state index is 2.45. The number of fused-ring (bicyclic) bond motifs is 1. The van der Waals surface area contributed by atoms with Crippen LogP contribution in [0.4, 0.5) is 0 Å². The van der Waals surface area contributed by atoms with Crippen molar-refractivity contribution in [2.24, 2.45) is 23.7 Å². The molecule has 0 N–H and O–H groups in total. The first kappa shape index (κ1) is 6.69. The molecule has 2 aliphatic carbocycles. The molecule has 2 unspecified atom stereocenters. The van der Waals surface area contributed by atoms with Crippen LogP contribution in [0.3, 0.4) is 0 Å². The van der Waals surface area contributed by atoms with Crippen molar-refractivity contribution in [2.45, 2.75) is 39.5 Å². The van der Waals surface area contributed by atoms with Gasteiger partial charge in [0.2, 0.25) is 0 Å². The maximum Gasteiger partial charge on any atom is -0.0326 e. The van der Waals surface area contributed by atoms with Crippen LogP contribution in [0.5, 0.6) is 0 Å². The van der Waals surface area contributed by atoms with Gasteiger partial charge in [0.05, 0.1) is 0 Å². The van der Waals surface area contributed by atoms with E-state index in [0.717, 1.165) is 23.7 Å². The molecule has 0 spiro atoms. The molecule has 0 bridgehead atoms. The van der Waals surface area contributed by atoms with Gasteiger partial charge in [-0.1, -0.05) is 33.1 Å². The molecule has 58 valence electrons. The lowest BCUT2D eigenvalue weighted by Crippen LogP contribution is -2.08. The highest BCUT2D eigenvalue weighted by Gasteiger charge is 2.51. The molecule has 0 aliphatic heterocycles. The van der Waals surface area contributed by atoms with Crippen LogP contribution in [0.15, 0.2) is 0 Å². The van der Waals surface area contributed by atoms with Crippen molar-refractivity contribution in [3.63, 3.8) is 0 Å². The highest BCUT2D eigenvalue weighted by molar-refractivity contribution is 5.00. The zero-order valence-electron chi connectivity index (χ0n) is 7.14. The summed E-state index contributed by atoms with van der Waals surface area (Å²) in [6.07, 6.45) is 6.03. The third kappa shape index (κ3) is 0.810. The average molecular weight is 138 g/mol. The Morgan fingerprint density at radius 1 is 1.30 bits per heavy atom. The van der Waals surface area contributed by atoms with E-state index in [-0.39, 0.29) is 0 Å². The predicted octanol–water partition coefficient (Wildman–Crippen LogP) is 3.08. The van der Waals surface area contributed by atoms with Crippen molar-refractivity contribution < 1.29 is 0 Å². The minimum absolute atomic E-state index is 1.09. The van der Waals surface area contributed by atoms with E-state index in [9.17, 15) is 0 Å². The summed E-state index contributed by atoms with van der Waals surface area (Å²) in [5.74, 6) is 4.50. The second-order valence-electron chi connectivity index (χ2n) is 4.20. The lowest BCUT2D eigenvalue weighted by Gasteiger charge is -2.18. The van der Waals surface area contributed by atoms with Crippen molar-refractivity contribution in [1.29, 1.82) is 0 Å². The van der Waals surface area contributed by atoms with E-state index in [0.29, 0.717) is 0 Å². The molecule has 0 nitrogen and oxygen atoms in total. The molecule has 2 aliphatic rings. The molecule has 2 saturated carbocycles. The fourth-order valence-electron chi connectivity index (χ4n) is 3.10. The SMILES string of the molecule is CC[C@@H]1CCC[C@@H]2C(C)C12. The van der Waals surface area contributed by atoms with Crippen LogP contribution in [-0.2, 0) is 0 Å². The molecule has 0 saturated heterocycles. The third-order valence-electron chi connectivity index (χ3n) is 3.82. The smallest absolute Gasteiger partial charge is 0.0326 e. The van der Waals surface area contributed by atoms with Crippen LogP contribution < -0.4 is 0 Å². The Morgan fingerprint density at radius 3 is 2.70 bits per heavy atom. The molecule has 0 heterocycles. The summed E-state index contributed by atoms with van der Waals surface area (Å²) >= 11 is 0. The summed E-state index contributed by atoms with van der Waals surface area (Å²) in [5.41, 5.74) is 0. The van der Waals surface area contributed by atoms with Gasteiger partial charge in [-0.2, -0.15) is 0 Å². The molecule has 4 atom stereocenters. The van der Waals surface area contributed by atoms with Crippen LogP contribution >= 0.6 is 0 Å². The highest BCUT2D eigenvalue weighted by atomic mass is 14.6. The molecule has 0 aromatic carbocycles. The van der Waals surface area contributed by atoms with E-state index >= 15 is 0 Å². The zero-order valence-corrected chi connectivity index (χ0v) is 7.14. The van der Waals surface area contributed by atoms with Crippen LogP contribution in [0.25, 0.3) is 0 Å². The van der Waals surface area contributed by atoms with Crippen molar-refractivity contribution >= 4 is 0 Å². The Balaban J connectivity index is 1.98. The molecular formula is C10H18. The Morgan fingerprint density at radius 2 is 2.10 bits per heavy atom. The molecule has 0 aromatic heterocycles. The summed E-state index contributed by atoms with van der Waals surface area (Å²) in [4.78, 5) is 0. The van der Waals surface area contributed by atoms with Crippen molar-refractivity contribution in [3.05, 3.63) is 0 Å². The quantitative estimate of drug-likeness (QED) is 0.522. The Hall–Kier alpha value is 0. The lowest BCUT2D eigenvalue weighted by molar-refractivity contribution is 0.325. The molecule has 2 rings (SSSR count). The number of rotatable bonds is 1. The van der Waals surface area contributed by atoms with E-state index in [2.05, 4.69) is 13.8 Å². The second kappa shape index (κ2) is 2.25. The summed E-state index contributed by atoms with van der Waals surface area (Å²) in [5, 5.41) is 0. The first-order valence-electron chi connectivity index (χ1n) is 4.84. The Kier molecular flexibility index (Phi) is 1.51. The van der Waals surface area contributed by atoms with Gasteiger partial charge in [0.15, 0.2) is 0 Å². The van der Waals surface area contributed by atoms with Crippen LogP contribution in [0.1, 0.15) is 39.5 Å². The monoisotopic (exact) mass is 138 g/mol. The summed E-state index contributed by atoms with van der Waals surface area (Å²) in [7, 11) is 0. The van der Waals surface area contributed by atoms with Gasteiger partial charge in [-0.15, -0.1) is 0 Å². The minimum atomic E-state index is 1.09. The van der Waals surface area contributed by atoms with Crippen LogP contribution in [-0.4, -0.2) is 0 Å². The molecule has 0 amide bonds. The first-order chi connectivity index (χ1) is 4.84. The summed E-state index contributed by atoms with van der Waals surface area (Å²) in [6, 6.07) is 0. The molecule has 0 radical (unpaired) electrons. The zero-order chi connectivity index (χ0) is 7.14. The third-order valence-corrected chi connectivity index (χ3v) is 3.82. The maximum atomic E-state index is 2.45. The normalized spacial score (nSPS) is 52.2. The topological polar surface area (TPSA) is 0 Å². The Labute approximate surface area is 64.0 Å². The predicted molar refractivity (Wildman–Crippen MR) is 43.8 cm³/mol. The van der Waals surface area contributed by atoms with E-state index in [4.69, 9.17) is 0 Å². The van der Waals surface area contributed by atoms with Gasteiger partial charge in [0.25, 0.3) is 0 Å². The van der Waals surface area contributed by atoms with Gasteiger partial charge < -0.3 is 0 Å². The van der Waals surface area contributed by atoms with E-state index in [1.807, 2.05) is 0 Å². The van der Waals surface area contributed by atoms with Gasteiger partial charge in [0, 0.05) is 0 Å². The highest BCUT2D eigenvalue weighted by Crippen LogP contribution is 2.58. The molecule has 10 heavy (non-hydrogen) atoms. The van der Waals surface area contributed by atoms with Gasteiger partial charge in [-0.05, 0) is 30.1 Å². The van der Waals surface area contributed by atoms with Gasteiger partial charge in [-0.3, -0.25) is 0 Å². The average Bonchev–Trinajstić information content (AvgIpc) is 2.63. The Bertz CT molecular complexity index is 128. The molecule has 0 aromatic rings. The van der Waals surface area contributed by atoms with Crippen molar-refractivity contribution in [1.82, 2.24) is 0 Å². The largest absolute Gasteiger partial charge is 0.0651 e. The van der Waals surface area contributed by atoms with Crippen LogP contribution in [0, 0.1) is 23.7 Å². The first-order valence-corrected chi connectivity index (χ1v) is 4.84. The van der Waals surface area contributed by atoms with Gasteiger partial charge in [0.1, 0.15) is 0 Å². The van der Waals surface area contributed by atoms with Gasteiger partial charge in [-0.25, -0.2) is 0 Å². The molecule has 0 heteroatoms. The van der Waals surface area contributed by atoms with Gasteiger partial charge >= 0.3 is 0 Å². The van der Waals surface area contributed by atoms with Crippen molar-refractivity contribution in [3.8, 4) is 0 Å². The fraction of sp³-hybridized carbons (Fsp3) is 1.00. The minimum Gasteiger partial charge on any atom is -0.0651 e. The van der Waals surface area contributed by atoms with E-state index in [1.54, 1.807) is 6.42 Å². The van der Waals surface area contributed by atoms with Crippen LogP contribution in [0.2, 0.25) is 0 Å².